The monoisotopic (exact) mass is 666 g/mol. The lowest BCUT2D eigenvalue weighted by molar-refractivity contribution is -0.152. The molecule has 2 aliphatic rings. The molecule has 0 bridgehead atoms. The third kappa shape index (κ3) is 13.6. The molecular formula is C36H62N2O9. The molecule has 2 rings (SSSR count). The van der Waals surface area contributed by atoms with Crippen molar-refractivity contribution >= 4 is 12.1 Å². The number of hydrogen-bond acceptors (Lipinski definition) is 10. The normalized spacial score (nSPS) is 31.2. The molecule has 47 heavy (non-hydrogen) atoms. The topological polar surface area (TPSA) is 138 Å². The molecule has 9 atom stereocenters. The zero-order valence-corrected chi connectivity index (χ0v) is 30.2. The van der Waals surface area contributed by atoms with Crippen LogP contribution in [0.5, 0.6) is 0 Å². The van der Waals surface area contributed by atoms with Gasteiger partial charge in [0.1, 0.15) is 11.7 Å². The average Bonchev–Trinajstić information content (AvgIpc) is 2.99. The second kappa shape index (κ2) is 19.0. The number of rotatable bonds is 12. The highest BCUT2D eigenvalue weighted by molar-refractivity contribution is 5.70. The molecule has 0 spiro atoms. The fourth-order valence-corrected chi connectivity index (χ4v) is 6.08. The van der Waals surface area contributed by atoms with Gasteiger partial charge < -0.3 is 44.1 Å². The average molecular weight is 667 g/mol. The minimum atomic E-state index is -1.18. The molecule has 0 radical (unpaired) electrons. The van der Waals surface area contributed by atoms with E-state index in [0.29, 0.717) is 39.0 Å². The van der Waals surface area contributed by atoms with Crippen LogP contribution in [0.1, 0.15) is 87.5 Å². The summed E-state index contributed by atoms with van der Waals surface area (Å²) in [5, 5.41) is 31.8. The molecular weight excluding hydrogens is 604 g/mol. The number of amides is 1. The standard InChI is InChI=1S/C36H62N2O9/c1-10-30(40)28(6)45-27(5)24-35(7,43)17-12-13-25(3)33-26(4)14-15-31(46-34(42)38-21-19-37(9)20-22-38)36(8,44-11-2)18-16-29(39)23-32(41)47-33/h12-15,17,26-31,33,39-40,43H,10-11,16,18-24H2,1-9H3/b15-14+,17-12+,25-13+/t26-,27-,28+,29+,30-,31-,33+,35?,36+/m0/s1. The molecule has 11 heteroatoms. The number of carbonyl (C=O) groups is 2. The number of aliphatic hydroxyl groups excluding tert-OH is 2. The number of likely N-dealkylation sites (N-methyl/N-ethyl adjacent to an activating group) is 1. The number of ether oxygens (including phenoxy) is 4. The lowest BCUT2D eigenvalue weighted by Gasteiger charge is -2.38. The van der Waals surface area contributed by atoms with Crippen molar-refractivity contribution in [3.05, 3.63) is 36.0 Å². The van der Waals surface area contributed by atoms with Gasteiger partial charge in [0.2, 0.25) is 0 Å². The van der Waals surface area contributed by atoms with Crippen LogP contribution in [0.3, 0.4) is 0 Å². The molecule has 11 nitrogen and oxygen atoms in total. The van der Waals surface area contributed by atoms with Gasteiger partial charge in [-0.2, -0.15) is 0 Å². The molecule has 0 aromatic carbocycles. The van der Waals surface area contributed by atoms with Crippen LogP contribution in [0, 0.1) is 5.92 Å². The van der Waals surface area contributed by atoms with E-state index in [-0.39, 0.29) is 31.0 Å². The summed E-state index contributed by atoms with van der Waals surface area (Å²) < 4.78 is 24.1. The number of carbonyl (C=O) groups excluding carboxylic acids is 2. The highest BCUT2D eigenvalue weighted by Crippen LogP contribution is 2.30. The fraction of sp³-hybridized carbons (Fsp3) is 0.778. The van der Waals surface area contributed by atoms with E-state index in [9.17, 15) is 24.9 Å². The lowest BCUT2D eigenvalue weighted by atomic mass is 9.88. The molecule has 3 N–H and O–H groups in total. The Morgan fingerprint density at radius 1 is 1.21 bits per heavy atom. The first-order valence-corrected chi connectivity index (χ1v) is 17.3. The molecule has 270 valence electrons. The molecule has 0 saturated carbocycles. The number of cyclic esters (lactones) is 1. The SMILES string of the molecule is CCO[C@]1(C)CC[C@@H](O)CC(=O)O[C@H](/C(C)=C/C=C/C(C)(O)C[C@H](C)O[C@H](C)[C@@H](O)CC)[C@@H](C)/C=C/[C@@H]1OC(=O)N1CCN(C)CC1. The van der Waals surface area contributed by atoms with E-state index in [4.69, 9.17) is 18.9 Å². The summed E-state index contributed by atoms with van der Waals surface area (Å²) in [4.78, 5) is 30.1. The van der Waals surface area contributed by atoms with Crippen LogP contribution < -0.4 is 0 Å². The van der Waals surface area contributed by atoms with Gasteiger partial charge in [0, 0.05) is 45.1 Å². The van der Waals surface area contributed by atoms with E-state index in [0.717, 1.165) is 18.7 Å². The van der Waals surface area contributed by atoms with Crippen LogP contribution in [-0.2, 0) is 23.7 Å². The van der Waals surface area contributed by atoms with Crippen molar-refractivity contribution in [2.45, 2.75) is 135 Å². The van der Waals surface area contributed by atoms with E-state index in [2.05, 4.69) is 4.90 Å². The van der Waals surface area contributed by atoms with Crippen LogP contribution in [0.4, 0.5) is 4.79 Å². The van der Waals surface area contributed by atoms with Gasteiger partial charge in [0.25, 0.3) is 0 Å². The minimum Gasteiger partial charge on any atom is -0.457 e. The Hall–Kier alpha value is -2.28. The van der Waals surface area contributed by atoms with Crippen molar-refractivity contribution in [2.75, 3.05) is 39.8 Å². The van der Waals surface area contributed by atoms with Crippen LogP contribution in [0.2, 0.25) is 0 Å². The van der Waals surface area contributed by atoms with E-state index < -0.39 is 47.7 Å². The van der Waals surface area contributed by atoms with Gasteiger partial charge in [0.15, 0.2) is 6.10 Å². The first-order chi connectivity index (χ1) is 22.0. The second-order valence-corrected chi connectivity index (χ2v) is 13.8. The van der Waals surface area contributed by atoms with Gasteiger partial charge in [-0.15, -0.1) is 0 Å². The van der Waals surface area contributed by atoms with Gasteiger partial charge >= 0.3 is 12.1 Å². The first kappa shape index (κ1) is 40.9. The summed E-state index contributed by atoms with van der Waals surface area (Å²) >= 11 is 0. The Kier molecular flexibility index (Phi) is 16.6. The summed E-state index contributed by atoms with van der Waals surface area (Å²) in [7, 11) is 2.02. The third-order valence-electron chi connectivity index (χ3n) is 9.14. The van der Waals surface area contributed by atoms with Gasteiger partial charge in [-0.05, 0) is 79.5 Å². The lowest BCUT2D eigenvalue weighted by Crippen LogP contribution is -2.51. The number of aliphatic hydroxyl groups is 3. The van der Waals surface area contributed by atoms with E-state index in [1.807, 2.05) is 67.7 Å². The molecule has 2 aliphatic heterocycles. The number of piperazine rings is 1. The van der Waals surface area contributed by atoms with Crippen LogP contribution in [0.25, 0.3) is 0 Å². The van der Waals surface area contributed by atoms with Gasteiger partial charge in [-0.1, -0.05) is 38.2 Å². The van der Waals surface area contributed by atoms with Crippen molar-refractivity contribution in [3.63, 3.8) is 0 Å². The quantitative estimate of drug-likeness (QED) is 0.156. The van der Waals surface area contributed by atoms with Crippen LogP contribution in [0.15, 0.2) is 36.0 Å². The number of hydrogen-bond donors (Lipinski definition) is 3. The maximum absolute atomic E-state index is 13.3. The number of allylic oxidation sites excluding steroid dienone is 2. The maximum atomic E-state index is 13.3. The predicted molar refractivity (Wildman–Crippen MR) is 182 cm³/mol. The Balaban J connectivity index is 2.30. The maximum Gasteiger partial charge on any atom is 0.410 e. The van der Waals surface area contributed by atoms with Crippen molar-refractivity contribution < 1.29 is 43.9 Å². The zero-order chi connectivity index (χ0) is 35.4. The van der Waals surface area contributed by atoms with E-state index in [1.54, 1.807) is 30.1 Å². The largest absolute Gasteiger partial charge is 0.457 e. The summed E-state index contributed by atoms with van der Waals surface area (Å²) in [5.41, 5.74) is -1.38. The summed E-state index contributed by atoms with van der Waals surface area (Å²) in [6.07, 6.45) is 6.24. The third-order valence-corrected chi connectivity index (χ3v) is 9.14. The van der Waals surface area contributed by atoms with Crippen molar-refractivity contribution in [3.8, 4) is 0 Å². The molecule has 1 unspecified atom stereocenters. The Morgan fingerprint density at radius 3 is 2.49 bits per heavy atom. The Bertz CT molecular complexity index is 1070. The summed E-state index contributed by atoms with van der Waals surface area (Å²) in [6, 6.07) is 0. The second-order valence-electron chi connectivity index (χ2n) is 13.8. The summed E-state index contributed by atoms with van der Waals surface area (Å²) in [6.45, 7) is 17.8. The van der Waals surface area contributed by atoms with Gasteiger partial charge in [0.05, 0.1) is 36.4 Å². The highest BCUT2D eigenvalue weighted by Gasteiger charge is 2.39. The van der Waals surface area contributed by atoms with E-state index >= 15 is 0 Å². The number of esters is 1. The van der Waals surface area contributed by atoms with E-state index in [1.165, 1.54) is 0 Å². The number of nitrogens with zero attached hydrogens (tertiary/aromatic N) is 2. The molecule has 2 heterocycles. The molecule has 0 aromatic heterocycles. The van der Waals surface area contributed by atoms with Gasteiger partial charge in [-0.3, -0.25) is 4.79 Å². The Morgan fingerprint density at radius 2 is 1.87 bits per heavy atom. The van der Waals surface area contributed by atoms with Crippen molar-refractivity contribution in [2.24, 2.45) is 5.92 Å². The van der Waals surface area contributed by atoms with Crippen LogP contribution >= 0.6 is 0 Å². The smallest absolute Gasteiger partial charge is 0.410 e. The zero-order valence-electron chi connectivity index (χ0n) is 30.2. The predicted octanol–water partition coefficient (Wildman–Crippen LogP) is 4.39. The first-order valence-electron chi connectivity index (χ1n) is 17.3. The van der Waals surface area contributed by atoms with Crippen molar-refractivity contribution in [1.82, 2.24) is 9.80 Å². The molecule has 1 fully saturated rings. The van der Waals surface area contributed by atoms with Gasteiger partial charge in [-0.25, -0.2) is 4.79 Å². The van der Waals surface area contributed by atoms with Crippen LogP contribution in [-0.4, -0.2) is 125 Å². The Labute approximate surface area is 282 Å². The highest BCUT2D eigenvalue weighted by atomic mass is 16.6. The minimum absolute atomic E-state index is 0.179. The molecule has 0 aromatic rings. The molecule has 1 amide bonds. The summed E-state index contributed by atoms with van der Waals surface area (Å²) in [5.74, 6) is -0.839. The molecule has 1 saturated heterocycles. The fourth-order valence-electron chi connectivity index (χ4n) is 6.08. The van der Waals surface area contributed by atoms with Crippen molar-refractivity contribution in [1.29, 1.82) is 0 Å². The molecule has 0 aliphatic carbocycles.